The lowest BCUT2D eigenvalue weighted by atomic mass is 10.1. The number of carbonyl (C=O) groups excluding carboxylic acids is 1. The molecule has 0 aliphatic carbocycles. The molecular weight excluding hydrogens is 336 g/mol. The van der Waals surface area contributed by atoms with Crippen LogP contribution in [0.1, 0.15) is 32.6 Å². The highest BCUT2D eigenvalue weighted by atomic mass is 16.4. The second-order valence-corrected chi connectivity index (χ2v) is 6.78. The normalized spacial score (nSPS) is 12.0. The van der Waals surface area contributed by atoms with E-state index in [0.29, 0.717) is 18.7 Å². The predicted octanol–water partition coefficient (Wildman–Crippen LogP) is 5.20. The van der Waals surface area contributed by atoms with Gasteiger partial charge in [0.25, 0.3) is 0 Å². The van der Waals surface area contributed by atoms with Gasteiger partial charge in [0, 0.05) is 37.1 Å². The van der Waals surface area contributed by atoms with Gasteiger partial charge in [-0.05, 0) is 13.3 Å². The van der Waals surface area contributed by atoms with Crippen molar-refractivity contribution in [2.75, 3.05) is 7.05 Å². The molecule has 1 unspecified atom stereocenters. The summed E-state index contributed by atoms with van der Waals surface area (Å²) in [6, 6.07) is 20.2. The molecular formula is C23H26N2O2. The monoisotopic (exact) mass is 362 g/mol. The first kappa shape index (κ1) is 18.9. The number of carbonyl (C=O) groups is 1. The third-order valence-electron chi connectivity index (χ3n) is 4.95. The number of aryl methyl sites for hydroxylation is 1. The van der Waals surface area contributed by atoms with Gasteiger partial charge >= 0.3 is 0 Å². The van der Waals surface area contributed by atoms with Gasteiger partial charge in [-0.15, -0.1) is 0 Å². The van der Waals surface area contributed by atoms with Crippen molar-refractivity contribution in [3.8, 4) is 22.6 Å². The Labute approximate surface area is 160 Å². The molecule has 0 aliphatic rings. The number of rotatable bonds is 7. The van der Waals surface area contributed by atoms with Gasteiger partial charge in [0.2, 0.25) is 5.91 Å². The first-order valence-corrected chi connectivity index (χ1v) is 9.46. The van der Waals surface area contributed by atoms with Gasteiger partial charge in [0.05, 0.1) is 0 Å². The summed E-state index contributed by atoms with van der Waals surface area (Å²) < 4.78 is 6.09. The van der Waals surface area contributed by atoms with Crippen LogP contribution in [0.25, 0.3) is 22.6 Å². The second kappa shape index (κ2) is 8.67. The van der Waals surface area contributed by atoms with Gasteiger partial charge in [-0.2, -0.15) is 0 Å². The predicted molar refractivity (Wildman–Crippen MR) is 108 cm³/mol. The quantitative estimate of drug-likeness (QED) is 0.580. The molecule has 4 heteroatoms. The fourth-order valence-corrected chi connectivity index (χ4v) is 2.96. The molecule has 1 heterocycles. The zero-order valence-corrected chi connectivity index (χ0v) is 16.2. The van der Waals surface area contributed by atoms with Crippen LogP contribution in [-0.4, -0.2) is 28.9 Å². The van der Waals surface area contributed by atoms with Gasteiger partial charge in [-0.3, -0.25) is 4.79 Å². The number of oxazole rings is 1. The summed E-state index contributed by atoms with van der Waals surface area (Å²) in [6.45, 7) is 4.14. The second-order valence-electron chi connectivity index (χ2n) is 6.78. The minimum Gasteiger partial charge on any atom is -0.440 e. The van der Waals surface area contributed by atoms with Gasteiger partial charge in [-0.1, -0.05) is 67.6 Å². The summed E-state index contributed by atoms with van der Waals surface area (Å²) in [4.78, 5) is 18.9. The molecule has 1 aromatic heterocycles. The summed E-state index contributed by atoms with van der Waals surface area (Å²) in [6.07, 6.45) is 1.83. The minimum absolute atomic E-state index is 0.116. The topological polar surface area (TPSA) is 46.3 Å². The highest BCUT2D eigenvalue weighted by Gasteiger charge is 2.19. The average Bonchev–Trinajstić information content (AvgIpc) is 3.16. The van der Waals surface area contributed by atoms with Crippen molar-refractivity contribution in [3.05, 3.63) is 66.6 Å². The summed E-state index contributed by atoms with van der Waals surface area (Å²) in [5.74, 6) is 1.46. The fraction of sp³-hybridized carbons (Fsp3) is 0.304. The van der Waals surface area contributed by atoms with Gasteiger partial charge in [-0.25, -0.2) is 4.98 Å². The van der Waals surface area contributed by atoms with Crippen LogP contribution >= 0.6 is 0 Å². The summed E-state index contributed by atoms with van der Waals surface area (Å²) in [7, 11) is 1.86. The molecule has 1 atom stereocenters. The molecule has 2 aromatic carbocycles. The highest BCUT2D eigenvalue weighted by molar-refractivity contribution is 5.78. The Bertz CT molecular complexity index is 815. The number of amides is 1. The Balaban J connectivity index is 1.85. The van der Waals surface area contributed by atoms with Crippen LogP contribution in [0.4, 0.5) is 0 Å². The molecule has 0 saturated carbocycles. The summed E-state index contributed by atoms with van der Waals surface area (Å²) >= 11 is 0. The van der Waals surface area contributed by atoms with E-state index in [-0.39, 0.29) is 11.9 Å². The minimum atomic E-state index is 0.116. The first-order chi connectivity index (χ1) is 13.1. The van der Waals surface area contributed by atoms with Crippen LogP contribution in [-0.2, 0) is 11.2 Å². The molecule has 3 aromatic rings. The number of hydrogen-bond acceptors (Lipinski definition) is 3. The van der Waals surface area contributed by atoms with Crippen LogP contribution in [0.15, 0.2) is 65.1 Å². The molecule has 27 heavy (non-hydrogen) atoms. The van der Waals surface area contributed by atoms with E-state index in [2.05, 4.69) is 13.8 Å². The maximum absolute atomic E-state index is 12.4. The molecule has 0 N–H and O–H groups in total. The molecule has 0 spiro atoms. The zero-order valence-electron chi connectivity index (χ0n) is 16.2. The Morgan fingerprint density at radius 2 is 1.63 bits per heavy atom. The van der Waals surface area contributed by atoms with E-state index in [1.165, 1.54) is 0 Å². The van der Waals surface area contributed by atoms with Crippen LogP contribution in [0.5, 0.6) is 0 Å². The van der Waals surface area contributed by atoms with E-state index >= 15 is 0 Å². The average molecular weight is 362 g/mol. The molecule has 140 valence electrons. The smallest absolute Gasteiger partial charge is 0.223 e. The van der Waals surface area contributed by atoms with Crippen molar-refractivity contribution < 1.29 is 9.21 Å². The third-order valence-corrected chi connectivity index (χ3v) is 4.95. The molecule has 1 amide bonds. The summed E-state index contributed by atoms with van der Waals surface area (Å²) in [5, 5.41) is 0. The molecule has 4 nitrogen and oxygen atoms in total. The molecule has 0 radical (unpaired) electrons. The zero-order chi connectivity index (χ0) is 19.2. The maximum atomic E-state index is 12.4. The molecule has 3 rings (SSSR count). The van der Waals surface area contributed by atoms with Crippen molar-refractivity contribution in [3.63, 3.8) is 0 Å². The van der Waals surface area contributed by atoms with Crippen molar-refractivity contribution in [1.82, 2.24) is 9.88 Å². The van der Waals surface area contributed by atoms with Crippen LogP contribution in [0, 0.1) is 0 Å². The molecule has 0 aliphatic heterocycles. The van der Waals surface area contributed by atoms with Crippen molar-refractivity contribution in [2.45, 2.75) is 39.2 Å². The first-order valence-electron chi connectivity index (χ1n) is 9.46. The van der Waals surface area contributed by atoms with Crippen molar-refractivity contribution in [2.24, 2.45) is 0 Å². The van der Waals surface area contributed by atoms with E-state index in [1.54, 1.807) is 4.90 Å². The van der Waals surface area contributed by atoms with Crippen LogP contribution < -0.4 is 0 Å². The van der Waals surface area contributed by atoms with Gasteiger partial charge < -0.3 is 9.32 Å². The standard InChI is InChI=1S/C23H26N2O2/c1-4-17(2)25(3)21(26)16-15-20-24-22(18-11-7-5-8-12-18)23(27-20)19-13-9-6-10-14-19/h5-14,17H,4,15-16H2,1-3H3. The fourth-order valence-electron chi connectivity index (χ4n) is 2.96. The van der Waals surface area contributed by atoms with Gasteiger partial charge in [0.15, 0.2) is 11.7 Å². The largest absolute Gasteiger partial charge is 0.440 e. The van der Waals surface area contributed by atoms with E-state index < -0.39 is 0 Å². The molecule has 0 bridgehead atoms. The van der Waals surface area contributed by atoms with Gasteiger partial charge in [0.1, 0.15) is 5.69 Å². The lowest BCUT2D eigenvalue weighted by Crippen LogP contribution is -2.34. The summed E-state index contributed by atoms with van der Waals surface area (Å²) in [5.41, 5.74) is 2.81. The Hall–Kier alpha value is -2.88. The van der Waals surface area contributed by atoms with E-state index in [4.69, 9.17) is 9.40 Å². The van der Waals surface area contributed by atoms with E-state index in [9.17, 15) is 4.79 Å². The lowest BCUT2D eigenvalue weighted by Gasteiger charge is -2.23. The SMILES string of the molecule is CCC(C)N(C)C(=O)CCc1nc(-c2ccccc2)c(-c2ccccc2)o1. The Morgan fingerprint density at radius 1 is 1.04 bits per heavy atom. The third kappa shape index (κ3) is 4.45. The van der Waals surface area contributed by atoms with Crippen LogP contribution in [0.3, 0.4) is 0 Å². The van der Waals surface area contributed by atoms with E-state index in [0.717, 1.165) is 29.0 Å². The lowest BCUT2D eigenvalue weighted by molar-refractivity contribution is -0.131. The van der Waals surface area contributed by atoms with Crippen LogP contribution in [0.2, 0.25) is 0 Å². The number of aromatic nitrogens is 1. The van der Waals surface area contributed by atoms with Crippen molar-refractivity contribution >= 4 is 5.91 Å². The highest BCUT2D eigenvalue weighted by Crippen LogP contribution is 2.32. The Kier molecular flexibility index (Phi) is 6.07. The number of benzene rings is 2. The Morgan fingerprint density at radius 3 is 2.22 bits per heavy atom. The molecule has 0 fully saturated rings. The number of hydrogen-bond donors (Lipinski definition) is 0. The number of nitrogens with zero attached hydrogens (tertiary/aromatic N) is 2. The van der Waals surface area contributed by atoms with E-state index in [1.807, 2.05) is 67.7 Å². The van der Waals surface area contributed by atoms with Crippen molar-refractivity contribution in [1.29, 1.82) is 0 Å². The maximum Gasteiger partial charge on any atom is 0.223 e. The molecule has 0 saturated heterocycles.